The summed E-state index contributed by atoms with van der Waals surface area (Å²) in [5.74, 6) is 0.664. The molecular weight excluding hydrogens is 655 g/mol. The van der Waals surface area contributed by atoms with Crippen molar-refractivity contribution in [2.75, 3.05) is 4.90 Å². The third kappa shape index (κ3) is 4.52. The maximum absolute atomic E-state index is 6.69. The van der Waals surface area contributed by atoms with Gasteiger partial charge >= 0.3 is 0 Å². The van der Waals surface area contributed by atoms with Crippen LogP contribution in [0, 0.1) is 0 Å². The third-order valence-electron chi connectivity index (χ3n) is 13.4. The minimum Gasteiger partial charge on any atom is -0.454 e. The Hall–Kier alpha value is -5.60. The largest absolute Gasteiger partial charge is 0.454 e. The monoisotopic (exact) mass is 699 g/mol. The summed E-state index contributed by atoms with van der Waals surface area (Å²) in [6.45, 7) is 9.63. The van der Waals surface area contributed by atoms with E-state index >= 15 is 0 Å². The van der Waals surface area contributed by atoms with Gasteiger partial charge in [0.1, 0.15) is 5.58 Å². The summed E-state index contributed by atoms with van der Waals surface area (Å²) >= 11 is 0. The van der Waals surface area contributed by atoms with Crippen LogP contribution in [0.4, 0.5) is 17.1 Å². The second-order valence-corrected chi connectivity index (χ2v) is 17.2. The van der Waals surface area contributed by atoms with Gasteiger partial charge < -0.3 is 9.32 Å². The van der Waals surface area contributed by atoms with Crippen molar-refractivity contribution in [1.29, 1.82) is 0 Å². The van der Waals surface area contributed by atoms with Gasteiger partial charge in [-0.05, 0) is 140 Å². The molecule has 0 bridgehead atoms. The zero-order chi connectivity index (χ0) is 36.3. The molecule has 3 aliphatic rings. The fraction of sp³-hybridized carbons (Fsp3) is 0.231. The number of para-hydroxylation sites is 2. The van der Waals surface area contributed by atoms with Crippen LogP contribution in [0.3, 0.4) is 0 Å². The molecule has 0 aliphatic heterocycles. The van der Waals surface area contributed by atoms with Gasteiger partial charge in [0.05, 0.1) is 5.69 Å². The maximum Gasteiger partial charge on any atom is 0.159 e. The Kier molecular flexibility index (Phi) is 6.76. The van der Waals surface area contributed by atoms with Gasteiger partial charge in [-0.15, -0.1) is 0 Å². The van der Waals surface area contributed by atoms with Gasteiger partial charge in [0.25, 0.3) is 0 Å². The number of furan rings is 1. The van der Waals surface area contributed by atoms with E-state index in [1.165, 1.54) is 92.9 Å². The van der Waals surface area contributed by atoms with Crippen LogP contribution in [0.2, 0.25) is 0 Å². The van der Waals surface area contributed by atoms with Crippen LogP contribution in [0.5, 0.6) is 0 Å². The van der Waals surface area contributed by atoms with Gasteiger partial charge in [0, 0.05) is 33.0 Å². The minimum absolute atomic E-state index is 0.0809. The summed E-state index contributed by atoms with van der Waals surface area (Å²) in [6, 6.07) is 50.3. The lowest BCUT2D eigenvalue weighted by atomic mass is 9.79. The van der Waals surface area contributed by atoms with E-state index in [0.717, 1.165) is 39.0 Å². The summed E-state index contributed by atoms with van der Waals surface area (Å²) in [7, 11) is 0. The van der Waals surface area contributed by atoms with Crippen molar-refractivity contribution in [3.8, 4) is 22.3 Å². The molecule has 0 radical (unpaired) electrons. The Morgan fingerprint density at radius 3 is 1.85 bits per heavy atom. The molecule has 3 aliphatic carbocycles. The first kappa shape index (κ1) is 31.9. The van der Waals surface area contributed by atoms with Crippen molar-refractivity contribution < 1.29 is 4.42 Å². The van der Waals surface area contributed by atoms with E-state index in [-0.39, 0.29) is 10.8 Å². The summed E-state index contributed by atoms with van der Waals surface area (Å²) < 4.78 is 6.69. The van der Waals surface area contributed by atoms with Crippen LogP contribution in [-0.2, 0) is 10.8 Å². The molecule has 54 heavy (non-hydrogen) atoms. The Morgan fingerprint density at radius 2 is 1.09 bits per heavy atom. The van der Waals surface area contributed by atoms with E-state index in [0.29, 0.717) is 5.92 Å². The quantitative estimate of drug-likeness (QED) is 0.182. The number of hydrogen-bond donors (Lipinski definition) is 0. The van der Waals surface area contributed by atoms with Crippen molar-refractivity contribution in [3.63, 3.8) is 0 Å². The SMILES string of the molecule is CC1(C)c2cc(N(c3ccc(C4CCCCC4)cc3)c3cccc4c3oc3ccccc34)ccc2-c2cc3c(cc21)-c1cc2ccccc2cc1C3(C)C. The first-order chi connectivity index (χ1) is 26.3. The standard InChI is InChI=1S/C52H45NO/c1-51(2)44-28-35-16-9-8-15-34(35)27-41(44)43-31-46-42(30-47(43)51)38-26-25-37(29-45(38)52(46,3)4)53(36-23-21-33(22-24-36)32-13-6-5-7-14-32)48-19-12-18-40-39-17-10-11-20-49(39)54-50(40)48/h8-12,15-32H,5-7,13-14H2,1-4H3. The van der Waals surface area contributed by atoms with E-state index in [4.69, 9.17) is 4.42 Å². The number of hydrogen-bond acceptors (Lipinski definition) is 2. The highest BCUT2D eigenvalue weighted by Gasteiger charge is 2.42. The highest BCUT2D eigenvalue weighted by Crippen LogP contribution is 2.57. The molecule has 1 saturated carbocycles. The molecule has 264 valence electrons. The second-order valence-electron chi connectivity index (χ2n) is 17.2. The van der Waals surface area contributed by atoms with Crippen molar-refractivity contribution >= 4 is 49.8 Å². The smallest absolute Gasteiger partial charge is 0.159 e. The molecule has 1 fully saturated rings. The highest BCUT2D eigenvalue weighted by atomic mass is 16.3. The second kappa shape index (κ2) is 11.5. The first-order valence-corrected chi connectivity index (χ1v) is 20.0. The molecule has 8 aromatic rings. The van der Waals surface area contributed by atoms with Gasteiger partial charge in [-0.1, -0.05) is 120 Å². The molecule has 2 heteroatoms. The molecule has 1 heterocycles. The Balaban J connectivity index is 1.07. The first-order valence-electron chi connectivity index (χ1n) is 20.0. The number of anilines is 3. The maximum atomic E-state index is 6.69. The molecule has 0 N–H and O–H groups in total. The van der Waals surface area contributed by atoms with Crippen molar-refractivity contribution in [2.45, 2.75) is 76.5 Å². The molecule has 0 saturated heterocycles. The Labute approximate surface area is 318 Å². The Morgan fingerprint density at radius 1 is 0.500 bits per heavy atom. The lowest BCUT2D eigenvalue weighted by Crippen LogP contribution is -2.17. The van der Waals surface area contributed by atoms with E-state index in [2.05, 4.69) is 166 Å². The average molecular weight is 700 g/mol. The third-order valence-corrected chi connectivity index (χ3v) is 13.4. The molecule has 0 atom stereocenters. The fourth-order valence-corrected chi connectivity index (χ4v) is 10.4. The lowest BCUT2D eigenvalue weighted by Gasteiger charge is -2.29. The van der Waals surface area contributed by atoms with Gasteiger partial charge in [0.15, 0.2) is 5.58 Å². The predicted molar refractivity (Wildman–Crippen MR) is 227 cm³/mol. The van der Waals surface area contributed by atoms with Crippen molar-refractivity contribution in [3.05, 3.63) is 161 Å². The molecule has 1 aromatic heterocycles. The Bertz CT molecular complexity index is 2810. The number of benzene rings is 7. The summed E-state index contributed by atoms with van der Waals surface area (Å²) in [5, 5.41) is 4.91. The van der Waals surface area contributed by atoms with Crippen LogP contribution in [0.15, 0.2) is 138 Å². The number of nitrogens with zero attached hydrogens (tertiary/aromatic N) is 1. The molecule has 7 aromatic carbocycles. The normalized spacial score (nSPS) is 16.7. The van der Waals surface area contributed by atoms with Crippen LogP contribution in [0.25, 0.3) is 55.0 Å². The molecule has 0 spiro atoms. The number of fused-ring (bicyclic) bond motifs is 10. The van der Waals surface area contributed by atoms with Crippen LogP contribution >= 0.6 is 0 Å². The molecule has 0 amide bonds. The van der Waals surface area contributed by atoms with Crippen molar-refractivity contribution in [1.82, 2.24) is 0 Å². The summed E-state index contributed by atoms with van der Waals surface area (Å²) in [5.41, 5.74) is 17.5. The molecule has 0 unspecified atom stereocenters. The summed E-state index contributed by atoms with van der Waals surface area (Å²) in [4.78, 5) is 2.43. The van der Waals surface area contributed by atoms with Crippen LogP contribution in [0.1, 0.15) is 93.5 Å². The van der Waals surface area contributed by atoms with Gasteiger partial charge in [-0.25, -0.2) is 0 Å². The van der Waals surface area contributed by atoms with E-state index in [1.807, 2.05) is 0 Å². The lowest BCUT2D eigenvalue weighted by molar-refractivity contribution is 0.443. The zero-order valence-corrected chi connectivity index (χ0v) is 31.7. The van der Waals surface area contributed by atoms with Gasteiger partial charge in [0.2, 0.25) is 0 Å². The van der Waals surface area contributed by atoms with E-state index < -0.39 is 0 Å². The van der Waals surface area contributed by atoms with E-state index in [1.54, 1.807) is 0 Å². The summed E-state index contributed by atoms with van der Waals surface area (Å²) in [6.07, 6.45) is 6.63. The van der Waals surface area contributed by atoms with Crippen LogP contribution < -0.4 is 4.90 Å². The van der Waals surface area contributed by atoms with Crippen LogP contribution in [-0.4, -0.2) is 0 Å². The molecule has 2 nitrogen and oxygen atoms in total. The minimum atomic E-state index is -0.179. The fourth-order valence-electron chi connectivity index (χ4n) is 10.4. The van der Waals surface area contributed by atoms with Gasteiger partial charge in [-0.2, -0.15) is 0 Å². The predicted octanol–water partition coefficient (Wildman–Crippen LogP) is 14.9. The van der Waals surface area contributed by atoms with Crippen molar-refractivity contribution in [2.24, 2.45) is 0 Å². The highest BCUT2D eigenvalue weighted by molar-refractivity contribution is 6.10. The number of rotatable bonds is 4. The topological polar surface area (TPSA) is 16.4 Å². The zero-order valence-electron chi connectivity index (χ0n) is 31.7. The molecular formula is C52H45NO. The average Bonchev–Trinajstić information content (AvgIpc) is 3.77. The van der Waals surface area contributed by atoms with Gasteiger partial charge in [-0.3, -0.25) is 0 Å². The van der Waals surface area contributed by atoms with E-state index in [9.17, 15) is 0 Å². The molecule has 11 rings (SSSR count).